The lowest BCUT2D eigenvalue weighted by molar-refractivity contribution is -0.552. The van der Waals surface area contributed by atoms with E-state index in [2.05, 4.69) is 106 Å². The van der Waals surface area contributed by atoms with Crippen LogP contribution in [0.2, 0.25) is 0 Å². The maximum Gasteiger partial charge on any atom is 0.333 e. The van der Waals surface area contributed by atoms with Gasteiger partial charge in [-0.1, -0.05) is 90.5 Å². The van der Waals surface area contributed by atoms with Crippen molar-refractivity contribution < 1.29 is 14.2 Å². The molecule has 0 radical (unpaired) electrons. The molecule has 6 rings (SSSR count). The van der Waals surface area contributed by atoms with Gasteiger partial charge < -0.3 is 0 Å². The zero-order valence-electron chi connectivity index (χ0n) is 24.0. The van der Waals surface area contributed by atoms with Gasteiger partial charge in [-0.25, -0.2) is 9.37 Å². The summed E-state index contributed by atoms with van der Waals surface area (Å²) in [6.07, 6.45) is 0. The number of likely N-dealkylation sites (N-methyl/N-ethyl adjacent to an activating group) is 2. The third-order valence-electron chi connectivity index (χ3n) is 8.45. The predicted molar refractivity (Wildman–Crippen MR) is 160 cm³/mol. The lowest BCUT2D eigenvalue weighted by atomic mass is 9.96. The number of aryl methyl sites for hydroxylation is 1. The Morgan fingerprint density at radius 3 is 1.98 bits per heavy atom. The third kappa shape index (κ3) is 5.33. The van der Waals surface area contributed by atoms with E-state index in [4.69, 9.17) is 4.99 Å². The molecular weight excluding hydrogens is 512 g/mol. The van der Waals surface area contributed by atoms with Crippen LogP contribution in [0.3, 0.4) is 0 Å². The molecule has 3 amide bonds. The van der Waals surface area contributed by atoms with Gasteiger partial charge in [-0.2, -0.15) is 0 Å². The topological polar surface area (TPSA) is 62.5 Å². The van der Waals surface area contributed by atoms with Gasteiger partial charge in [0.2, 0.25) is 0 Å². The normalized spacial score (nSPS) is 20.2. The van der Waals surface area contributed by atoms with E-state index in [1.54, 1.807) is 14.1 Å². The van der Waals surface area contributed by atoms with Crippen LogP contribution in [-0.2, 0) is 11.3 Å². The first-order valence-electron chi connectivity index (χ1n) is 14.3. The molecule has 3 aliphatic heterocycles. The first-order chi connectivity index (χ1) is 19.9. The minimum Gasteiger partial charge on any atom is -0.290 e. The summed E-state index contributed by atoms with van der Waals surface area (Å²) in [6, 6.07) is 29.1. The van der Waals surface area contributed by atoms with Gasteiger partial charge in [0.25, 0.3) is 17.8 Å². The SMILES string of the molecule is Cc1ccc(C[N+]2=C(CN3CCN(C(c4ccccc4)c4ccccc4)CC3)N=C3C2C(=O)N(C)C(=O)N3C)cc1. The molecule has 1 unspecified atom stereocenters. The summed E-state index contributed by atoms with van der Waals surface area (Å²) in [5.41, 5.74) is 4.90. The number of aliphatic imine (C=N–C) groups is 1. The number of hydrogen-bond acceptors (Lipinski definition) is 5. The number of hydrogen-bond donors (Lipinski definition) is 0. The van der Waals surface area contributed by atoms with Gasteiger partial charge in [-0.3, -0.25) is 24.4 Å². The number of rotatable bonds is 7. The Hall–Kier alpha value is -4.14. The van der Waals surface area contributed by atoms with Crippen LogP contribution in [0.15, 0.2) is 89.9 Å². The summed E-state index contributed by atoms with van der Waals surface area (Å²) in [7, 11) is 3.26. The van der Waals surface area contributed by atoms with Crippen LogP contribution in [0.25, 0.3) is 0 Å². The van der Waals surface area contributed by atoms with Crippen LogP contribution in [0, 0.1) is 6.92 Å². The maximum atomic E-state index is 13.4. The number of nitrogens with zero attached hydrogens (tertiary/aromatic N) is 6. The molecule has 0 bridgehead atoms. The number of carbonyl (C=O) groups is 2. The summed E-state index contributed by atoms with van der Waals surface area (Å²) >= 11 is 0. The minimum atomic E-state index is -0.596. The summed E-state index contributed by atoms with van der Waals surface area (Å²) in [5.74, 6) is 1.13. The van der Waals surface area contributed by atoms with E-state index < -0.39 is 6.04 Å². The van der Waals surface area contributed by atoms with Crippen molar-refractivity contribution in [2.75, 3.05) is 46.8 Å². The fraction of sp³-hybridized carbons (Fsp3) is 0.333. The quantitative estimate of drug-likeness (QED) is 0.423. The molecule has 2 saturated heterocycles. The molecule has 3 aliphatic rings. The highest BCUT2D eigenvalue weighted by molar-refractivity contribution is 6.23. The molecule has 0 N–H and O–H groups in total. The molecule has 8 nitrogen and oxygen atoms in total. The molecule has 8 heteroatoms. The molecule has 0 aliphatic carbocycles. The predicted octanol–water partition coefficient (Wildman–Crippen LogP) is 3.62. The second-order valence-corrected chi connectivity index (χ2v) is 11.2. The van der Waals surface area contributed by atoms with E-state index in [-0.39, 0.29) is 18.0 Å². The average molecular weight is 550 g/mol. The Kier molecular flexibility index (Phi) is 7.51. The first-order valence-corrected chi connectivity index (χ1v) is 14.3. The lowest BCUT2D eigenvalue weighted by Gasteiger charge is -2.39. The van der Waals surface area contributed by atoms with Gasteiger partial charge >= 0.3 is 11.9 Å². The molecule has 3 aromatic rings. The third-order valence-corrected chi connectivity index (χ3v) is 8.45. The van der Waals surface area contributed by atoms with Gasteiger partial charge in [0, 0.05) is 40.3 Å². The summed E-state index contributed by atoms with van der Waals surface area (Å²) in [6.45, 7) is 6.85. The monoisotopic (exact) mass is 549 g/mol. The lowest BCUT2D eigenvalue weighted by Crippen LogP contribution is -2.61. The standard InChI is InChI=1S/C33H37N6O2/c1-24-14-16-25(17-15-24)22-39-28(34-31-30(39)32(40)36(3)33(41)35(31)2)23-37-18-20-38(21-19-37)29(26-10-6-4-7-11-26)27-12-8-5-9-13-27/h4-17,29-30H,18-23H2,1-3H3/q+1. The Labute approximate surface area is 241 Å². The summed E-state index contributed by atoms with van der Waals surface area (Å²) in [4.78, 5) is 38.7. The van der Waals surface area contributed by atoms with Crippen molar-refractivity contribution in [1.82, 2.24) is 19.6 Å². The van der Waals surface area contributed by atoms with Crippen LogP contribution < -0.4 is 0 Å². The van der Waals surface area contributed by atoms with Gasteiger partial charge in [0.15, 0.2) is 0 Å². The Balaban J connectivity index is 1.24. The Bertz CT molecular complexity index is 1440. The van der Waals surface area contributed by atoms with Crippen LogP contribution in [0.4, 0.5) is 4.79 Å². The second kappa shape index (κ2) is 11.4. The largest absolute Gasteiger partial charge is 0.333 e. The first kappa shape index (κ1) is 27.1. The van der Waals surface area contributed by atoms with Crippen LogP contribution in [0.1, 0.15) is 28.3 Å². The molecule has 2 fully saturated rings. The van der Waals surface area contributed by atoms with Crippen molar-refractivity contribution in [3.8, 4) is 0 Å². The zero-order valence-corrected chi connectivity index (χ0v) is 24.0. The van der Waals surface area contributed by atoms with E-state index >= 15 is 0 Å². The molecule has 0 spiro atoms. The number of amides is 3. The molecular formula is C33H37N6O2+. The fourth-order valence-corrected chi connectivity index (χ4v) is 6.11. The van der Waals surface area contributed by atoms with Crippen molar-refractivity contribution in [3.63, 3.8) is 0 Å². The number of benzene rings is 3. The molecule has 210 valence electrons. The Morgan fingerprint density at radius 2 is 1.39 bits per heavy atom. The maximum absolute atomic E-state index is 13.4. The number of piperazine rings is 1. The van der Waals surface area contributed by atoms with Gasteiger partial charge in [-0.05, 0) is 28.6 Å². The van der Waals surface area contributed by atoms with Crippen molar-refractivity contribution >= 4 is 23.6 Å². The number of urea groups is 1. The van der Waals surface area contributed by atoms with E-state index in [9.17, 15) is 9.59 Å². The number of fused-ring (bicyclic) bond motifs is 1. The van der Waals surface area contributed by atoms with Crippen molar-refractivity contribution in [1.29, 1.82) is 0 Å². The molecule has 0 saturated carbocycles. The van der Waals surface area contributed by atoms with Gasteiger partial charge in [0.1, 0.15) is 13.1 Å². The number of imide groups is 1. The Morgan fingerprint density at radius 1 is 0.805 bits per heavy atom. The summed E-state index contributed by atoms with van der Waals surface area (Å²) in [5, 5.41) is 0. The fourth-order valence-electron chi connectivity index (χ4n) is 6.11. The minimum absolute atomic E-state index is 0.202. The van der Waals surface area contributed by atoms with Crippen molar-refractivity contribution in [2.24, 2.45) is 4.99 Å². The number of carbonyl (C=O) groups excluding carboxylic acids is 2. The van der Waals surface area contributed by atoms with Crippen LogP contribution >= 0.6 is 0 Å². The van der Waals surface area contributed by atoms with E-state index in [0.717, 1.165) is 37.6 Å². The van der Waals surface area contributed by atoms with Crippen molar-refractivity contribution in [3.05, 3.63) is 107 Å². The average Bonchev–Trinajstić information content (AvgIpc) is 3.35. The van der Waals surface area contributed by atoms with Gasteiger partial charge in [-0.15, -0.1) is 0 Å². The molecule has 1 atom stereocenters. The highest BCUT2D eigenvalue weighted by Crippen LogP contribution is 2.30. The smallest absolute Gasteiger partial charge is 0.290 e. The van der Waals surface area contributed by atoms with E-state index in [1.165, 1.54) is 26.5 Å². The molecule has 3 heterocycles. The van der Waals surface area contributed by atoms with Gasteiger partial charge in [0.05, 0.1) is 6.04 Å². The highest BCUT2D eigenvalue weighted by Gasteiger charge is 2.53. The van der Waals surface area contributed by atoms with Crippen molar-refractivity contribution in [2.45, 2.75) is 25.6 Å². The van der Waals surface area contributed by atoms with E-state index in [0.29, 0.717) is 18.9 Å². The molecule has 0 aromatic heterocycles. The van der Waals surface area contributed by atoms with E-state index in [1.807, 2.05) is 0 Å². The van der Waals surface area contributed by atoms with Crippen LogP contribution in [-0.4, -0.2) is 101 Å². The molecule has 41 heavy (non-hydrogen) atoms. The second-order valence-electron chi connectivity index (χ2n) is 11.2. The highest BCUT2D eigenvalue weighted by atomic mass is 16.2. The molecule has 3 aromatic carbocycles. The number of amidine groups is 2. The van der Waals surface area contributed by atoms with Crippen LogP contribution in [0.5, 0.6) is 0 Å². The summed E-state index contributed by atoms with van der Waals surface area (Å²) < 4.78 is 2.09. The zero-order chi connectivity index (χ0) is 28.5.